The van der Waals surface area contributed by atoms with Crippen molar-refractivity contribution in [2.75, 3.05) is 7.11 Å². The van der Waals surface area contributed by atoms with Gasteiger partial charge in [-0.05, 0) is 25.0 Å². The van der Waals surface area contributed by atoms with Crippen LogP contribution >= 0.6 is 0 Å². The van der Waals surface area contributed by atoms with E-state index in [-0.39, 0.29) is 17.7 Å². The number of carbonyl (C=O) groups excluding carboxylic acids is 1. The van der Waals surface area contributed by atoms with Crippen LogP contribution in [0.4, 0.5) is 4.39 Å². The summed E-state index contributed by atoms with van der Waals surface area (Å²) in [6, 6.07) is 6.51. The van der Waals surface area contributed by atoms with Gasteiger partial charge in [0.1, 0.15) is 11.6 Å². The third-order valence-corrected chi connectivity index (χ3v) is 3.89. The Hall–Kier alpha value is -2.24. The molecule has 0 radical (unpaired) electrons. The number of hydrogen-bond acceptors (Lipinski definition) is 4. The van der Waals surface area contributed by atoms with Crippen molar-refractivity contribution >= 4 is 5.97 Å². The zero-order valence-electron chi connectivity index (χ0n) is 11.8. The Morgan fingerprint density at radius 1 is 1.33 bits per heavy atom. The summed E-state index contributed by atoms with van der Waals surface area (Å²) in [7, 11) is 1.40. The minimum atomic E-state index is -0.318. The molecule has 3 rings (SSSR count). The van der Waals surface area contributed by atoms with Gasteiger partial charge in [-0.2, -0.15) is 0 Å². The SMILES string of the molecule is COC(=O)C1CCc2nnc(-c3ccccc3F)n2CC1. The molecule has 0 saturated heterocycles. The average Bonchev–Trinajstić information content (AvgIpc) is 2.78. The van der Waals surface area contributed by atoms with E-state index in [0.29, 0.717) is 37.2 Å². The minimum Gasteiger partial charge on any atom is -0.469 e. The summed E-state index contributed by atoms with van der Waals surface area (Å²) in [6.07, 6.45) is 1.97. The molecular weight excluding hydrogens is 273 g/mol. The Bertz CT molecular complexity index is 669. The summed E-state index contributed by atoms with van der Waals surface area (Å²) in [5, 5.41) is 8.27. The lowest BCUT2D eigenvalue weighted by Crippen LogP contribution is -2.17. The van der Waals surface area contributed by atoms with Gasteiger partial charge in [0.2, 0.25) is 0 Å². The Balaban J connectivity index is 1.92. The second kappa shape index (κ2) is 5.63. The lowest BCUT2D eigenvalue weighted by Gasteiger charge is -2.11. The van der Waals surface area contributed by atoms with Crippen molar-refractivity contribution in [3.63, 3.8) is 0 Å². The van der Waals surface area contributed by atoms with Crippen molar-refractivity contribution in [3.05, 3.63) is 35.9 Å². The average molecular weight is 289 g/mol. The number of ether oxygens (including phenoxy) is 1. The molecule has 6 heteroatoms. The Morgan fingerprint density at radius 2 is 2.14 bits per heavy atom. The Kier molecular flexibility index (Phi) is 3.68. The Morgan fingerprint density at radius 3 is 2.90 bits per heavy atom. The largest absolute Gasteiger partial charge is 0.469 e. The van der Waals surface area contributed by atoms with E-state index in [1.165, 1.54) is 13.2 Å². The molecule has 1 aliphatic rings. The third-order valence-electron chi connectivity index (χ3n) is 3.89. The number of aryl methyl sites for hydroxylation is 1. The standard InChI is InChI=1S/C15H16FN3O2/c1-21-15(20)10-6-7-13-17-18-14(19(13)9-8-10)11-4-2-3-5-12(11)16/h2-5,10H,6-9H2,1H3. The maximum Gasteiger partial charge on any atom is 0.308 e. The molecule has 5 nitrogen and oxygen atoms in total. The molecule has 0 aliphatic carbocycles. The first-order valence-corrected chi connectivity index (χ1v) is 6.95. The van der Waals surface area contributed by atoms with Crippen LogP contribution in [0.2, 0.25) is 0 Å². The molecule has 1 aromatic carbocycles. The smallest absolute Gasteiger partial charge is 0.308 e. The molecule has 1 unspecified atom stereocenters. The molecule has 1 aromatic heterocycles. The van der Waals surface area contributed by atoms with Gasteiger partial charge in [0.25, 0.3) is 0 Å². The van der Waals surface area contributed by atoms with Crippen LogP contribution in [0.1, 0.15) is 18.7 Å². The number of fused-ring (bicyclic) bond motifs is 1. The molecule has 0 amide bonds. The van der Waals surface area contributed by atoms with E-state index < -0.39 is 0 Å². The van der Waals surface area contributed by atoms with Crippen molar-refractivity contribution in [2.24, 2.45) is 5.92 Å². The molecule has 0 bridgehead atoms. The van der Waals surface area contributed by atoms with Crippen LogP contribution in [-0.2, 0) is 22.5 Å². The van der Waals surface area contributed by atoms with Gasteiger partial charge >= 0.3 is 5.97 Å². The summed E-state index contributed by atoms with van der Waals surface area (Å²) < 4.78 is 20.6. The maximum absolute atomic E-state index is 13.9. The van der Waals surface area contributed by atoms with E-state index in [4.69, 9.17) is 4.74 Å². The zero-order valence-corrected chi connectivity index (χ0v) is 11.8. The molecule has 1 aliphatic heterocycles. The minimum absolute atomic E-state index is 0.134. The van der Waals surface area contributed by atoms with Crippen LogP contribution in [0.15, 0.2) is 24.3 Å². The number of halogens is 1. The first-order chi connectivity index (χ1) is 10.2. The van der Waals surface area contributed by atoms with Gasteiger partial charge in [-0.3, -0.25) is 4.79 Å². The van der Waals surface area contributed by atoms with Crippen molar-refractivity contribution in [1.82, 2.24) is 14.8 Å². The van der Waals surface area contributed by atoms with Crippen LogP contribution < -0.4 is 0 Å². The number of carbonyl (C=O) groups is 1. The van der Waals surface area contributed by atoms with Crippen LogP contribution in [0.25, 0.3) is 11.4 Å². The predicted molar refractivity (Wildman–Crippen MR) is 73.9 cm³/mol. The summed E-state index contributed by atoms with van der Waals surface area (Å²) in [5.41, 5.74) is 0.438. The fraction of sp³-hybridized carbons (Fsp3) is 0.400. The van der Waals surface area contributed by atoms with Gasteiger partial charge in [0, 0.05) is 13.0 Å². The molecule has 1 atom stereocenters. The maximum atomic E-state index is 13.9. The van der Waals surface area contributed by atoms with Gasteiger partial charge in [0.05, 0.1) is 18.6 Å². The van der Waals surface area contributed by atoms with E-state index in [9.17, 15) is 9.18 Å². The monoisotopic (exact) mass is 289 g/mol. The first-order valence-electron chi connectivity index (χ1n) is 6.95. The van der Waals surface area contributed by atoms with Crippen LogP contribution in [-0.4, -0.2) is 27.8 Å². The van der Waals surface area contributed by atoms with Crippen LogP contribution in [0.3, 0.4) is 0 Å². The van der Waals surface area contributed by atoms with Gasteiger partial charge in [-0.1, -0.05) is 12.1 Å². The van der Waals surface area contributed by atoms with Crippen molar-refractivity contribution < 1.29 is 13.9 Å². The number of rotatable bonds is 2. The highest BCUT2D eigenvalue weighted by molar-refractivity contribution is 5.72. The van der Waals surface area contributed by atoms with Gasteiger partial charge in [-0.25, -0.2) is 4.39 Å². The summed E-state index contributed by atoms with van der Waals surface area (Å²) in [4.78, 5) is 11.7. The lowest BCUT2D eigenvalue weighted by molar-refractivity contribution is -0.145. The van der Waals surface area contributed by atoms with Crippen LogP contribution in [0, 0.1) is 11.7 Å². The summed E-state index contributed by atoms with van der Waals surface area (Å²) in [5.74, 6) is 0.668. The molecule has 0 saturated carbocycles. The second-order valence-electron chi connectivity index (χ2n) is 5.12. The number of nitrogens with zero attached hydrogens (tertiary/aromatic N) is 3. The van der Waals surface area contributed by atoms with Gasteiger partial charge < -0.3 is 9.30 Å². The number of benzene rings is 1. The first kappa shape index (κ1) is 13.7. The molecule has 2 heterocycles. The van der Waals surface area contributed by atoms with Gasteiger partial charge in [-0.15, -0.1) is 10.2 Å². The van der Waals surface area contributed by atoms with E-state index in [2.05, 4.69) is 10.2 Å². The van der Waals surface area contributed by atoms with E-state index in [1.54, 1.807) is 18.2 Å². The quantitative estimate of drug-likeness (QED) is 0.795. The number of hydrogen-bond donors (Lipinski definition) is 0. The Labute approximate surface area is 121 Å². The second-order valence-corrected chi connectivity index (χ2v) is 5.12. The highest BCUT2D eigenvalue weighted by Gasteiger charge is 2.26. The lowest BCUT2D eigenvalue weighted by atomic mass is 10.0. The van der Waals surface area contributed by atoms with Crippen molar-refractivity contribution in [1.29, 1.82) is 0 Å². The molecule has 2 aromatic rings. The number of methoxy groups -OCH3 is 1. The summed E-state index contributed by atoms with van der Waals surface area (Å²) >= 11 is 0. The van der Waals surface area contributed by atoms with E-state index >= 15 is 0 Å². The van der Waals surface area contributed by atoms with Crippen LogP contribution in [0.5, 0.6) is 0 Å². The molecule has 0 N–H and O–H groups in total. The molecule has 21 heavy (non-hydrogen) atoms. The summed E-state index contributed by atoms with van der Waals surface area (Å²) in [6.45, 7) is 0.589. The molecule has 110 valence electrons. The number of aromatic nitrogens is 3. The topological polar surface area (TPSA) is 57.0 Å². The third kappa shape index (κ3) is 2.53. The van der Waals surface area contributed by atoms with Crippen molar-refractivity contribution in [2.45, 2.75) is 25.8 Å². The molecular formula is C15H16FN3O2. The molecule has 0 spiro atoms. The zero-order chi connectivity index (χ0) is 14.8. The van der Waals surface area contributed by atoms with Gasteiger partial charge in [0.15, 0.2) is 5.82 Å². The highest BCUT2D eigenvalue weighted by Crippen LogP contribution is 2.26. The molecule has 0 fully saturated rings. The van der Waals surface area contributed by atoms with Crippen molar-refractivity contribution in [3.8, 4) is 11.4 Å². The highest BCUT2D eigenvalue weighted by atomic mass is 19.1. The van der Waals surface area contributed by atoms with E-state index in [1.807, 2.05) is 4.57 Å². The van der Waals surface area contributed by atoms with E-state index in [0.717, 1.165) is 5.82 Å². The fourth-order valence-electron chi connectivity index (χ4n) is 2.73. The normalized spacial score (nSPS) is 17.9. The number of esters is 1. The fourth-order valence-corrected chi connectivity index (χ4v) is 2.73. The predicted octanol–water partition coefficient (Wildman–Crippen LogP) is 2.21.